The van der Waals surface area contributed by atoms with Gasteiger partial charge in [-0.3, -0.25) is 9.59 Å². The Labute approximate surface area is 114 Å². The summed E-state index contributed by atoms with van der Waals surface area (Å²) in [6, 6.07) is 0. The molecule has 0 spiro atoms. The number of carboxylic acid groups (broad SMARTS) is 1. The molecule has 19 heavy (non-hydrogen) atoms. The molecule has 0 bridgehead atoms. The van der Waals surface area contributed by atoms with Crippen molar-refractivity contribution in [2.75, 3.05) is 13.7 Å². The topological polar surface area (TPSA) is 75.6 Å². The fourth-order valence-corrected chi connectivity index (χ4v) is 2.34. The summed E-state index contributed by atoms with van der Waals surface area (Å²) in [5.41, 5.74) is -1.74. The molecule has 1 aliphatic carbocycles. The van der Waals surface area contributed by atoms with Gasteiger partial charge in [-0.15, -0.1) is 0 Å². The maximum atomic E-state index is 11.9. The van der Waals surface area contributed by atoms with Gasteiger partial charge in [0.15, 0.2) is 0 Å². The highest BCUT2D eigenvalue weighted by molar-refractivity contribution is 5.85. The van der Waals surface area contributed by atoms with E-state index >= 15 is 0 Å². The lowest BCUT2D eigenvalue weighted by Crippen LogP contribution is -2.50. The summed E-state index contributed by atoms with van der Waals surface area (Å²) in [4.78, 5) is 23.5. The molecule has 0 aromatic carbocycles. The number of aliphatic carboxylic acids is 1. The van der Waals surface area contributed by atoms with Gasteiger partial charge in [0, 0.05) is 13.7 Å². The highest BCUT2D eigenvalue weighted by Crippen LogP contribution is 2.38. The summed E-state index contributed by atoms with van der Waals surface area (Å²) in [7, 11) is 1.47. The molecule has 110 valence electrons. The number of methoxy groups -OCH3 is 1. The lowest BCUT2D eigenvalue weighted by molar-refractivity contribution is -0.152. The largest absolute Gasteiger partial charge is 0.481 e. The molecule has 1 amide bonds. The second kappa shape index (κ2) is 5.90. The van der Waals surface area contributed by atoms with Gasteiger partial charge < -0.3 is 15.2 Å². The number of rotatable bonds is 5. The summed E-state index contributed by atoms with van der Waals surface area (Å²) in [6.45, 7) is 5.65. The number of ether oxygens (including phenoxy) is 1. The second-order valence-corrected chi connectivity index (χ2v) is 6.17. The Morgan fingerprint density at radius 1 is 1.37 bits per heavy atom. The van der Waals surface area contributed by atoms with E-state index in [0.717, 1.165) is 12.8 Å². The van der Waals surface area contributed by atoms with Gasteiger partial charge in [-0.05, 0) is 45.4 Å². The minimum atomic E-state index is -0.929. The normalized spacial score (nSPS) is 27.9. The van der Waals surface area contributed by atoms with Crippen molar-refractivity contribution in [2.24, 2.45) is 11.3 Å². The number of amides is 1. The minimum absolute atomic E-state index is 0.181. The van der Waals surface area contributed by atoms with E-state index in [0.29, 0.717) is 18.8 Å². The summed E-state index contributed by atoms with van der Waals surface area (Å²) in [6.07, 6.45) is 3.04. The van der Waals surface area contributed by atoms with Gasteiger partial charge in [0.2, 0.25) is 0 Å². The molecule has 0 unspecified atom stereocenters. The lowest BCUT2D eigenvalue weighted by Gasteiger charge is -2.36. The van der Waals surface area contributed by atoms with Crippen LogP contribution in [0.3, 0.4) is 0 Å². The number of carbonyl (C=O) groups excluding carboxylic acids is 1. The van der Waals surface area contributed by atoms with E-state index in [1.165, 1.54) is 7.11 Å². The van der Waals surface area contributed by atoms with Gasteiger partial charge in [0.05, 0.1) is 5.41 Å². The third kappa shape index (κ3) is 3.69. The van der Waals surface area contributed by atoms with Gasteiger partial charge in [-0.25, -0.2) is 0 Å². The average molecular weight is 271 g/mol. The Bertz CT molecular complexity index is 343. The maximum absolute atomic E-state index is 11.9. The number of nitrogens with one attached hydrogen (secondary N) is 1. The molecule has 1 saturated carbocycles. The zero-order valence-corrected chi connectivity index (χ0v) is 12.3. The van der Waals surface area contributed by atoms with Crippen LogP contribution in [0.2, 0.25) is 0 Å². The van der Waals surface area contributed by atoms with E-state index in [1.807, 2.05) is 0 Å². The van der Waals surface area contributed by atoms with Crippen LogP contribution in [0.4, 0.5) is 0 Å². The second-order valence-electron chi connectivity index (χ2n) is 6.17. The Kier molecular flexibility index (Phi) is 4.96. The van der Waals surface area contributed by atoms with E-state index in [2.05, 4.69) is 12.2 Å². The molecule has 5 heteroatoms. The molecule has 0 aliphatic heterocycles. The van der Waals surface area contributed by atoms with E-state index in [-0.39, 0.29) is 12.5 Å². The van der Waals surface area contributed by atoms with Gasteiger partial charge >= 0.3 is 5.97 Å². The first kappa shape index (κ1) is 16.0. The number of carboxylic acids is 1. The minimum Gasteiger partial charge on any atom is -0.481 e. The van der Waals surface area contributed by atoms with Crippen LogP contribution in [-0.2, 0) is 14.3 Å². The maximum Gasteiger partial charge on any atom is 0.311 e. The van der Waals surface area contributed by atoms with E-state index in [9.17, 15) is 14.7 Å². The van der Waals surface area contributed by atoms with E-state index in [4.69, 9.17) is 4.74 Å². The number of hydrogen-bond acceptors (Lipinski definition) is 3. The van der Waals surface area contributed by atoms with Crippen molar-refractivity contribution < 1.29 is 19.4 Å². The molecule has 5 nitrogen and oxygen atoms in total. The van der Waals surface area contributed by atoms with Crippen molar-refractivity contribution >= 4 is 11.9 Å². The van der Waals surface area contributed by atoms with E-state index in [1.54, 1.807) is 13.8 Å². The molecular formula is C14H25NO4. The lowest BCUT2D eigenvalue weighted by atomic mass is 9.70. The molecule has 0 saturated heterocycles. The van der Waals surface area contributed by atoms with Crippen LogP contribution in [0, 0.1) is 11.3 Å². The van der Waals surface area contributed by atoms with Crippen molar-refractivity contribution in [3.8, 4) is 0 Å². The highest BCUT2D eigenvalue weighted by atomic mass is 16.5. The van der Waals surface area contributed by atoms with Crippen LogP contribution in [0.15, 0.2) is 0 Å². The van der Waals surface area contributed by atoms with Crippen molar-refractivity contribution in [1.29, 1.82) is 0 Å². The van der Waals surface area contributed by atoms with Crippen LogP contribution in [0.1, 0.15) is 46.5 Å². The molecule has 1 fully saturated rings. The first-order valence-electron chi connectivity index (χ1n) is 6.80. The van der Waals surface area contributed by atoms with E-state index < -0.39 is 17.0 Å². The van der Waals surface area contributed by atoms with Crippen LogP contribution < -0.4 is 5.32 Å². The van der Waals surface area contributed by atoms with Gasteiger partial charge in [0.25, 0.3) is 5.91 Å². The summed E-state index contributed by atoms with van der Waals surface area (Å²) in [5, 5.41) is 12.2. The third-order valence-corrected chi connectivity index (χ3v) is 4.33. The number of hydrogen-bond donors (Lipinski definition) is 2. The zero-order chi connectivity index (χ0) is 14.7. The Hall–Kier alpha value is -1.10. The van der Waals surface area contributed by atoms with Gasteiger partial charge in [0.1, 0.15) is 5.60 Å². The molecule has 0 aromatic rings. The first-order chi connectivity index (χ1) is 8.73. The predicted octanol–water partition coefficient (Wildman–Crippen LogP) is 1.81. The average Bonchev–Trinajstić information content (AvgIpc) is 2.37. The molecule has 1 aliphatic rings. The molecule has 0 atom stereocenters. The monoisotopic (exact) mass is 271 g/mol. The Balaban J connectivity index is 2.66. The van der Waals surface area contributed by atoms with Crippen LogP contribution in [-0.4, -0.2) is 36.2 Å². The van der Waals surface area contributed by atoms with Crippen molar-refractivity contribution in [1.82, 2.24) is 5.32 Å². The van der Waals surface area contributed by atoms with Crippen molar-refractivity contribution in [2.45, 2.75) is 52.1 Å². The molecule has 0 heterocycles. The third-order valence-electron chi connectivity index (χ3n) is 4.33. The molecular weight excluding hydrogens is 246 g/mol. The quantitative estimate of drug-likeness (QED) is 0.799. The van der Waals surface area contributed by atoms with Crippen molar-refractivity contribution in [3.05, 3.63) is 0 Å². The standard InChI is InChI=1S/C14H25NO4/c1-10-5-7-14(8-6-10,12(17)18)9-15-11(16)13(2,3)19-4/h10H,5-9H2,1-4H3,(H,15,16)(H,17,18). The summed E-state index contributed by atoms with van der Waals surface area (Å²) < 4.78 is 5.09. The van der Waals surface area contributed by atoms with Gasteiger partial charge in [-0.1, -0.05) is 6.92 Å². The first-order valence-corrected chi connectivity index (χ1v) is 6.80. The van der Waals surface area contributed by atoms with Crippen molar-refractivity contribution in [3.63, 3.8) is 0 Å². The predicted molar refractivity (Wildman–Crippen MR) is 71.8 cm³/mol. The zero-order valence-electron chi connectivity index (χ0n) is 12.3. The molecule has 0 aromatic heterocycles. The highest BCUT2D eigenvalue weighted by Gasteiger charge is 2.42. The molecule has 1 rings (SSSR count). The van der Waals surface area contributed by atoms with Crippen LogP contribution >= 0.6 is 0 Å². The van der Waals surface area contributed by atoms with Crippen LogP contribution in [0.5, 0.6) is 0 Å². The Morgan fingerprint density at radius 2 is 1.89 bits per heavy atom. The van der Waals surface area contributed by atoms with Crippen LogP contribution in [0.25, 0.3) is 0 Å². The molecule has 0 radical (unpaired) electrons. The van der Waals surface area contributed by atoms with Gasteiger partial charge in [-0.2, -0.15) is 0 Å². The smallest absolute Gasteiger partial charge is 0.311 e. The fraction of sp³-hybridized carbons (Fsp3) is 0.857. The summed E-state index contributed by atoms with van der Waals surface area (Å²) >= 11 is 0. The SMILES string of the molecule is COC(C)(C)C(=O)NCC1(C(=O)O)CCC(C)CC1. The number of carbonyl (C=O) groups is 2. The molecule has 2 N–H and O–H groups in total. The summed E-state index contributed by atoms with van der Waals surface area (Å²) in [5.74, 6) is -0.511. The fourth-order valence-electron chi connectivity index (χ4n) is 2.34. The Morgan fingerprint density at radius 3 is 2.32 bits per heavy atom.